The molecule has 0 bridgehead atoms. The molecule has 0 N–H and O–H groups in total. The summed E-state index contributed by atoms with van der Waals surface area (Å²) < 4.78 is 1.96. The molecule has 1 heterocycles. The molecule has 1 aromatic heterocycles. The summed E-state index contributed by atoms with van der Waals surface area (Å²) in [4.78, 5) is 4.60. The summed E-state index contributed by atoms with van der Waals surface area (Å²) in [6.07, 6.45) is 0. The van der Waals surface area contributed by atoms with E-state index < -0.39 is 0 Å². The number of benzene rings is 2. The number of aromatic nitrogens is 2. The molecule has 2 aromatic carbocycles. The number of fused-ring (bicyclic) bond motifs is 1. The Morgan fingerprint density at radius 3 is 2.47 bits per heavy atom. The molecule has 0 saturated carbocycles. The van der Waals surface area contributed by atoms with E-state index in [2.05, 4.69) is 4.98 Å². The summed E-state index contributed by atoms with van der Waals surface area (Å²) in [7, 11) is 1.94. The third kappa shape index (κ3) is 2.11. The van der Waals surface area contributed by atoms with Gasteiger partial charge >= 0.3 is 0 Å². The maximum absolute atomic E-state index is 6.53. The van der Waals surface area contributed by atoms with Crippen molar-refractivity contribution in [3.05, 3.63) is 64.9 Å². The minimum Gasteiger partial charge on any atom is -0.328 e. The van der Waals surface area contributed by atoms with Crippen molar-refractivity contribution in [2.24, 2.45) is 7.05 Å². The van der Waals surface area contributed by atoms with Crippen LogP contribution < -0.4 is 0 Å². The number of aryl methyl sites for hydroxylation is 1. The number of imidazole rings is 1. The van der Waals surface area contributed by atoms with Gasteiger partial charge in [0.1, 0.15) is 11.2 Å². The van der Waals surface area contributed by atoms with Crippen LogP contribution >= 0.6 is 23.2 Å². The normalized spacial score (nSPS) is 12.8. The zero-order chi connectivity index (χ0) is 13.4. The van der Waals surface area contributed by atoms with Crippen molar-refractivity contribution in [2.45, 2.75) is 5.38 Å². The number of para-hydroxylation sites is 1. The first-order chi connectivity index (χ1) is 9.18. The molecule has 0 saturated heterocycles. The fourth-order valence-electron chi connectivity index (χ4n) is 2.24. The molecular formula is C15H12Cl2N2. The van der Waals surface area contributed by atoms with Crippen molar-refractivity contribution in [2.75, 3.05) is 0 Å². The van der Waals surface area contributed by atoms with Crippen LogP contribution in [0.15, 0.2) is 48.5 Å². The van der Waals surface area contributed by atoms with Crippen LogP contribution in [0.25, 0.3) is 11.0 Å². The van der Waals surface area contributed by atoms with Crippen LogP contribution in [0.3, 0.4) is 0 Å². The average molecular weight is 291 g/mol. The lowest BCUT2D eigenvalue weighted by Gasteiger charge is -2.10. The van der Waals surface area contributed by atoms with E-state index in [1.54, 1.807) is 0 Å². The predicted octanol–water partition coefficient (Wildman–Crippen LogP) is 4.55. The highest BCUT2D eigenvalue weighted by molar-refractivity contribution is 6.35. The quantitative estimate of drug-likeness (QED) is 0.633. The van der Waals surface area contributed by atoms with E-state index in [0.717, 1.165) is 22.4 Å². The van der Waals surface area contributed by atoms with Crippen LogP contribution in [-0.2, 0) is 7.05 Å². The smallest absolute Gasteiger partial charge is 0.132 e. The van der Waals surface area contributed by atoms with Gasteiger partial charge in [-0.05, 0) is 17.7 Å². The Balaban J connectivity index is 2.16. The maximum atomic E-state index is 6.53. The number of alkyl halides is 1. The molecule has 0 radical (unpaired) electrons. The SMILES string of the molecule is Cn1c(C(Cl)c2ccccc2)nc2cccc(Cl)c21. The largest absolute Gasteiger partial charge is 0.328 e. The topological polar surface area (TPSA) is 17.8 Å². The molecule has 1 unspecified atom stereocenters. The number of rotatable bonds is 2. The summed E-state index contributed by atoms with van der Waals surface area (Å²) in [6, 6.07) is 15.6. The summed E-state index contributed by atoms with van der Waals surface area (Å²) in [5.74, 6) is 0.802. The number of halogens is 2. The second-order valence-electron chi connectivity index (χ2n) is 4.41. The first kappa shape index (κ1) is 12.5. The number of hydrogen-bond acceptors (Lipinski definition) is 1. The zero-order valence-corrected chi connectivity index (χ0v) is 11.9. The van der Waals surface area contributed by atoms with Gasteiger partial charge in [-0.25, -0.2) is 4.98 Å². The summed E-state index contributed by atoms with van der Waals surface area (Å²) >= 11 is 12.8. The van der Waals surface area contributed by atoms with E-state index in [4.69, 9.17) is 23.2 Å². The fraction of sp³-hybridized carbons (Fsp3) is 0.133. The first-order valence-electron chi connectivity index (χ1n) is 5.98. The van der Waals surface area contributed by atoms with Crippen LogP contribution in [0.2, 0.25) is 5.02 Å². The Morgan fingerprint density at radius 2 is 1.79 bits per heavy atom. The van der Waals surface area contributed by atoms with E-state index in [0.29, 0.717) is 5.02 Å². The van der Waals surface area contributed by atoms with Gasteiger partial charge in [-0.1, -0.05) is 48.0 Å². The fourth-order valence-corrected chi connectivity index (χ4v) is 2.87. The van der Waals surface area contributed by atoms with Crippen LogP contribution in [0, 0.1) is 0 Å². The van der Waals surface area contributed by atoms with Crippen molar-refractivity contribution >= 4 is 34.2 Å². The van der Waals surface area contributed by atoms with Crippen molar-refractivity contribution in [3.63, 3.8) is 0 Å². The summed E-state index contributed by atoms with van der Waals surface area (Å²) in [6.45, 7) is 0. The van der Waals surface area contributed by atoms with Crippen molar-refractivity contribution in [3.8, 4) is 0 Å². The minimum absolute atomic E-state index is 0.283. The van der Waals surface area contributed by atoms with Crippen molar-refractivity contribution in [1.29, 1.82) is 0 Å². The summed E-state index contributed by atoms with van der Waals surface area (Å²) in [5.41, 5.74) is 2.81. The zero-order valence-electron chi connectivity index (χ0n) is 10.3. The molecule has 96 valence electrons. The average Bonchev–Trinajstić information content (AvgIpc) is 2.78. The third-order valence-corrected chi connectivity index (χ3v) is 3.95. The molecule has 3 aromatic rings. The van der Waals surface area contributed by atoms with Gasteiger partial charge in [0.25, 0.3) is 0 Å². The predicted molar refractivity (Wildman–Crippen MR) is 79.9 cm³/mol. The van der Waals surface area contributed by atoms with Gasteiger partial charge in [-0.2, -0.15) is 0 Å². The lowest BCUT2D eigenvalue weighted by Crippen LogP contribution is -2.02. The molecule has 1 atom stereocenters. The molecule has 0 amide bonds. The maximum Gasteiger partial charge on any atom is 0.132 e. The second-order valence-corrected chi connectivity index (χ2v) is 5.25. The molecular weight excluding hydrogens is 279 g/mol. The monoisotopic (exact) mass is 290 g/mol. The van der Waals surface area contributed by atoms with Gasteiger partial charge in [0.15, 0.2) is 0 Å². The van der Waals surface area contributed by atoms with Crippen LogP contribution in [0.1, 0.15) is 16.8 Å². The molecule has 19 heavy (non-hydrogen) atoms. The highest BCUT2D eigenvalue weighted by Gasteiger charge is 2.18. The van der Waals surface area contributed by atoms with Gasteiger partial charge in [0.2, 0.25) is 0 Å². The van der Waals surface area contributed by atoms with E-state index in [9.17, 15) is 0 Å². The van der Waals surface area contributed by atoms with Crippen LogP contribution in [-0.4, -0.2) is 9.55 Å². The molecule has 0 aliphatic rings. The molecule has 0 fully saturated rings. The van der Waals surface area contributed by atoms with Gasteiger partial charge in [-0.3, -0.25) is 0 Å². The van der Waals surface area contributed by atoms with Crippen molar-refractivity contribution < 1.29 is 0 Å². The lowest BCUT2D eigenvalue weighted by molar-refractivity contribution is 0.830. The van der Waals surface area contributed by atoms with Gasteiger partial charge in [0, 0.05) is 7.05 Å². The Bertz CT molecular complexity index is 720. The summed E-state index contributed by atoms with van der Waals surface area (Å²) in [5, 5.41) is 0.408. The molecule has 3 rings (SSSR count). The first-order valence-corrected chi connectivity index (χ1v) is 6.80. The molecule has 0 aliphatic heterocycles. The Hall–Kier alpha value is -1.51. The van der Waals surface area contributed by atoms with E-state index >= 15 is 0 Å². The lowest BCUT2D eigenvalue weighted by atomic mass is 10.1. The molecule has 4 heteroatoms. The highest BCUT2D eigenvalue weighted by atomic mass is 35.5. The molecule has 0 aliphatic carbocycles. The Labute approximate surface area is 121 Å². The second kappa shape index (κ2) is 4.87. The molecule has 0 spiro atoms. The van der Waals surface area contributed by atoms with Crippen molar-refractivity contribution in [1.82, 2.24) is 9.55 Å². The number of nitrogens with zero attached hydrogens (tertiary/aromatic N) is 2. The Kier molecular flexibility index (Phi) is 3.21. The van der Waals surface area contributed by atoms with Crippen LogP contribution in [0.4, 0.5) is 0 Å². The standard InChI is InChI=1S/C15H12Cl2N2/c1-19-14-11(16)8-5-9-12(14)18-15(19)13(17)10-6-3-2-4-7-10/h2-9,13H,1H3. The van der Waals surface area contributed by atoms with E-state index in [-0.39, 0.29) is 5.38 Å². The van der Waals surface area contributed by atoms with E-state index in [1.807, 2.05) is 60.1 Å². The molecule has 2 nitrogen and oxygen atoms in total. The Morgan fingerprint density at radius 1 is 1.05 bits per heavy atom. The van der Waals surface area contributed by atoms with Gasteiger partial charge in [0.05, 0.1) is 16.1 Å². The minimum atomic E-state index is -0.283. The highest BCUT2D eigenvalue weighted by Crippen LogP contribution is 2.32. The third-order valence-electron chi connectivity index (χ3n) is 3.20. The van der Waals surface area contributed by atoms with Crippen LogP contribution in [0.5, 0.6) is 0 Å². The van der Waals surface area contributed by atoms with Gasteiger partial charge in [-0.15, -0.1) is 11.6 Å². The van der Waals surface area contributed by atoms with E-state index in [1.165, 1.54) is 0 Å². The van der Waals surface area contributed by atoms with Gasteiger partial charge < -0.3 is 4.57 Å². The number of hydrogen-bond donors (Lipinski definition) is 0.